The predicted molar refractivity (Wildman–Crippen MR) is 101 cm³/mol. The van der Waals surface area contributed by atoms with Gasteiger partial charge in [0.05, 0.1) is 11.8 Å². The molecule has 0 spiro atoms. The lowest BCUT2D eigenvalue weighted by Crippen LogP contribution is -2.17. The molecule has 0 bridgehead atoms. The lowest BCUT2D eigenvalue weighted by atomic mass is 10.1. The summed E-state index contributed by atoms with van der Waals surface area (Å²) in [6.45, 7) is 7.20. The Balaban J connectivity index is 0.00000136. The van der Waals surface area contributed by atoms with Crippen LogP contribution in [0, 0.1) is 11.8 Å². The molecule has 0 aromatic carbocycles. The number of esters is 1. The first-order valence-corrected chi connectivity index (χ1v) is 9.25. The van der Waals surface area contributed by atoms with Crippen LogP contribution in [0.2, 0.25) is 0 Å². The molecule has 1 amide bonds. The van der Waals surface area contributed by atoms with E-state index in [4.69, 9.17) is 14.7 Å². The number of fused-ring (bicyclic) bond motifs is 1. The van der Waals surface area contributed by atoms with E-state index in [0.717, 1.165) is 36.9 Å². The van der Waals surface area contributed by atoms with Crippen LogP contribution in [0.25, 0.3) is 5.52 Å². The maximum Gasteiger partial charge on any atom is 0.302 e. The van der Waals surface area contributed by atoms with Crippen molar-refractivity contribution in [2.24, 2.45) is 0 Å². The van der Waals surface area contributed by atoms with E-state index in [9.17, 15) is 9.59 Å². The fourth-order valence-electron chi connectivity index (χ4n) is 3.08. The molecule has 9 nitrogen and oxygen atoms in total. The van der Waals surface area contributed by atoms with E-state index < -0.39 is 0 Å². The van der Waals surface area contributed by atoms with E-state index in [-0.39, 0.29) is 30.7 Å². The van der Waals surface area contributed by atoms with Gasteiger partial charge in [-0.1, -0.05) is 13.3 Å². The second-order valence-corrected chi connectivity index (χ2v) is 6.44. The monoisotopic (exact) mass is 387 g/mol. The van der Waals surface area contributed by atoms with Crippen molar-refractivity contribution in [2.45, 2.75) is 58.2 Å². The van der Waals surface area contributed by atoms with Crippen molar-refractivity contribution in [1.29, 1.82) is 5.26 Å². The minimum absolute atomic E-state index is 0.0474. The summed E-state index contributed by atoms with van der Waals surface area (Å²) in [6, 6.07) is 3.82. The highest BCUT2D eigenvalue weighted by Gasteiger charge is 2.29. The van der Waals surface area contributed by atoms with Crippen LogP contribution in [0.5, 0.6) is 0 Å². The number of carbonyl (C=O) groups is 2. The first-order valence-electron chi connectivity index (χ1n) is 9.25. The zero-order valence-corrected chi connectivity index (χ0v) is 16.1. The van der Waals surface area contributed by atoms with Gasteiger partial charge < -0.3 is 14.8 Å². The molecule has 1 aliphatic rings. The summed E-state index contributed by atoms with van der Waals surface area (Å²) in [6.07, 6.45) is 5.12. The summed E-state index contributed by atoms with van der Waals surface area (Å²) in [7, 11) is 0. The summed E-state index contributed by atoms with van der Waals surface area (Å²) in [5, 5.41) is 13.7. The number of anilines is 1. The van der Waals surface area contributed by atoms with Crippen molar-refractivity contribution in [3.05, 3.63) is 24.2 Å². The van der Waals surface area contributed by atoms with Gasteiger partial charge in [-0.05, 0) is 31.4 Å². The van der Waals surface area contributed by atoms with E-state index in [1.54, 1.807) is 4.52 Å². The Labute approximate surface area is 163 Å². The molecule has 0 saturated carbocycles. The standard InChI is InChI=1S/C18H24N4O4.CHN/c1-3-4-5-17(24)21-18-15-8-7-14(22(15)20-11-19-18)16-9-6-13(26-16)10-25-12(2)23;1-2/h7-8,11,13,16H,3-6,9-10H2,1-2H3,(H,19,20,21,24);1H. The lowest BCUT2D eigenvalue weighted by molar-refractivity contribution is -0.145. The van der Waals surface area contributed by atoms with Crippen molar-refractivity contribution in [1.82, 2.24) is 14.6 Å². The highest BCUT2D eigenvalue weighted by atomic mass is 16.6. The van der Waals surface area contributed by atoms with Crippen molar-refractivity contribution < 1.29 is 19.1 Å². The second-order valence-electron chi connectivity index (χ2n) is 6.44. The quantitative estimate of drug-likeness (QED) is 0.726. The Morgan fingerprint density at radius 3 is 2.89 bits per heavy atom. The minimum atomic E-state index is -0.304. The molecule has 1 fully saturated rings. The average molecular weight is 387 g/mol. The number of aromatic nitrogens is 3. The molecule has 1 aliphatic heterocycles. The number of nitrogens with zero attached hydrogens (tertiary/aromatic N) is 4. The molecular formula is C19H25N5O4. The van der Waals surface area contributed by atoms with Crippen molar-refractivity contribution in [3.63, 3.8) is 0 Å². The first kappa shape index (κ1) is 21.3. The van der Waals surface area contributed by atoms with Crippen LogP contribution in [0.15, 0.2) is 18.5 Å². The SMILES string of the molecule is C#N.CCCCC(=O)Nc1ncnn2c(C3CCC(COC(C)=O)O3)ccc12. The molecule has 2 aromatic heterocycles. The molecule has 2 unspecified atom stereocenters. The van der Waals surface area contributed by atoms with Crippen LogP contribution in [0.1, 0.15) is 57.7 Å². The van der Waals surface area contributed by atoms with E-state index in [0.29, 0.717) is 12.2 Å². The number of hydrogen-bond acceptors (Lipinski definition) is 7. The van der Waals surface area contributed by atoms with Gasteiger partial charge in [-0.3, -0.25) is 9.59 Å². The van der Waals surface area contributed by atoms with Crippen LogP contribution in [0.4, 0.5) is 5.82 Å². The zero-order chi connectivity index (χ0) is 20.5. The summed E-state index contributed by atoms with van der Waals surface area (Å²) in [4.78, 5) is 27.1. The van der Waals surface area contributed by atoms with Gasteiger partial charge in [0.25, 0.3) is 0 Å². The molecule has 1 N–H and O–H groups in total. The smallest absolute Gasteiger partial charge is 0.302 e. The van der Waals surface area contributed by atoms with Gasteiger partial charge in [0.1, 0.15) is 24.6 Å². The maximum absolute atomic E-state index is 12.0. The van der Waals surface area contributed by atoms with E-state index >= 15 is 0 Å². The topological polar surface area (TPSA) is 119 Å². The third kappa shape index (κ3) is 5.27. The molecule has 0 radical (unpaired) electrons. The number of nitriles is 1. The van der Waals surface area contributed by atoms with Gasteiger partial charge in [0, 0.05) is 19.9 Å². The fourth-order valence-corrected chi connectivity index (χ4v) is 3.08. The Bertz CT molecular complexity index is 832. The molecule has 150 valence electrons. The van der Waals surface area contributed by atoms with E-state index in [1.165, 1.54) is 13.3 Å². The molecule has 2 aromatic rings. The summed E-state index contributed by atoms with van der Waals surface area (Å²) < 4.78 is 12.8. The molecule has 2 atom stereocenters. The van der Waals surface area contributed by atoms with Crippen LogP contribution >= 0.6 is 0 Å². The molecule has 3 rings (SSSR count). The number of amides is 1. The number of unbranched alkanes of at least 4 members (excludes halogenated alkanes) is 1. The molecule has 9 heteroatoms. The minimum Gasteiger partial charge on any atom is -0.463 e. The maximum atomic E-state index is 12.0. The van der Waals surface area contributed by atoms with Crippen LogP contribution in [0.3, 0.4) is 0 Å². The number of ether oxygens (including phenoxy) is 2. The average Bonchev–Trinajstić information content (AvgIpc) is 3.33. The predicted octanol–water partition coefficient (Wildman–Crippen LogP) is 2.78. The zero-order valence-electron chi connectivity index (χ0n) is 16.1. The fraction of sp³-hybridized carbons (Fsp3) is 0.526. The first-order chi connectivity index (χ1) is 13.6. The molecule has 0 aliphatic carbocycles. The summed E-state index contributed by atoms with van der Waals surface area (Å²) >= 11 is 0. The van der Waals surface area contributed by atoms with Gasteiger partial charge >= 0.3 is 5.97 Å². The normalized spacial score (nSPS) is 18.3. The van der Waals surface area contributed by atoms with Gasteiger partial charge in [-0.25, -0.2) is 14.8 Å². The van der Waals surface area contributed by atoms with Crippen LogP contribution < -0.4 is 5.32 Å². The van der Waals surface area contributed by atoms with E-state index in [1.807, 2.05) is 19.1 Å². The molecular weight excluding hydrogens is 362 g/mol. The van der Waals surface area contributed by atoms with Gasteiger partial charge in [0.2, 0.25) is 5.91 Å². The summed E-state index contributed by atoms with van der Waals surface area (Å²) in [5.41, 5.74) is 1.64. The lowest BCUT2D eigenvalue weighted by Gasteiger charge is -2.14. The van der Waals surface area contributed by atoms with Crippen molar-refractivity contribution >= 4 is 23.2 Å². The van der Waals surface area contributed by atoms with Crippen LogP contribution in [-0.2, 0) is 19.1 Å². The third-order valence-corrected chi connectivity index (χ3v) is 4.41. The number of nitrogens with one attached hydrogen (secondary N) is 1. The summed E-state index contributed by atoms with van der Waals surface area (Å²) in [5.74, 6) is 0.150. The van der Waals surface area contributed by atoms with Gasteiger partial charge in [-0.15, -0.1) is 0 Å². The highest BCUT2D eigenvalue weighted by Crippen LogP contribution is 2.34. The Hall–Kier alpha value is -2.99. The number of carbonyl (C=O) groups excluding carboxylic acids is 2. The van der Waals surface area contributed by atoms with Gasteiger partial charge in [0.15, 0.2) is 5.82 Å². The largest absolute Gasteiger partial charge is 0.463 e. The van der Waals surface area contributed by atoms with Crippen molar-refractivity contribution in [2.75, 3.05) is 11.9 Å². The Kier molecular flexibility index (Phi) is 7.89. The highest BCUT2D eigenvalue weighted by molar-refractivity contribution is 5.93. The number of rotatable bonds is 7. The van der Waals surface area contributed by atoms with E-state index in [2.05, 4.69) is 22.0 Å². The van der Waals surface area contributed by atoms with Gasteiger partial charge in [-0.2, -0.15) is 5.10 Å². The second kappa shape index (κ2) is 10.4. The molecule has 3 heterocycles. The van der Waals surface area contributed by atoms with Crippen LogP contribution in [-0.4, -0.2) is 39.2 Å². The number of hydrogen-bond donors (Lipinski definition) is 1. The molecule has 28 heavy (non-hydrogen) atoms. The Morgan fingerprint density at radius 2 is 2.18 bits per heavy atom. The van der Waals surface area contributed by atoms with Crippen molar-refractivity contribution in [3.8, 4) is 6.57 Å². The Morgan fingerprint density at radius 1 is 1.39 bits per heavy atom. The third-order valence-electron chi connectivity index (χ3n) is 4.41. The molecule has 1 saturated heterocycles.